The number of hydrogen-bond donors (Lipinski definition) is 1. The van der Waals surface area contributed by atoms with Gasteiger partial charge in [-0.2, -0.15) is 0 Å². The Kier molecular flexibility index (Phi) is 6.12. The van der Waals surface area contributed by atoms with E-state index < -0.39 is 0 Å². The monoisotopic (exact) mass is 353 g/mol. The van der Waals surface area contributed by atoms with E-state index in [1.807, 2.05) is 26.0 Å². The van der Waals surface area contributed by atoms with Crippen LogP contribution in [0.25, 0.3) is 0 Å². The van der Waals surface area contributed by atoms with Crippen molar-refractivity contribution in [2.45, 2.75) is 60.4 Å². The highest BCUT2D eigenvalue weighted by atomic mass is 16.5. The third-order valence-electron chi connectivity index (χ3n) is 5.14. The second-order valence-electron chi connectivity index (χ2n) is 7.55. The van der Waals surface area contributed by atoms with E-state index in [1.165, 1.54) is 16.7 Å². The van der Waals surface area contributed by atoms with E-state index in [0.717, 1.165) is 22.4 Å². The van der Waals surface area contributed by atoms with Gasteiger partial charge in [-0.3, -0.25) is 4.79 Å². The molecule has 0 saturated carbocycles. The summed E-state index contributed by atoms with van der Waals surface area (Å²) >= 11 is 0. The average Bonchev–Trinajstić information content (AvgIpc) is 2.57. The molecule has 3 heteroatoms. The van der Waals surface area contributed by atoms with Crippen molar-refractivity contribution in [1.82, 2.24) is 5.32 Å². The molecule has 2 rings (SSSR count). The van der Waals surface area contributed by atoms with Crippen molar-refractivity contribution < 1.29 is 9.53 Å². The quantitative estimate of drug-likeness (QED) is 0.766. The van der Waals surface area contributed by atoms with Crippen LogP contribution in [-0.2, 0) is 0 Å². The zero-order chi connectivity index (χ0) is 19.6. The van der Waals surface area contributed by atoms with Gasteiger partial charge in [0, 0.05) is 5.56 Å². The van der Waals surface area contributed by atoms with Gasteiger partial charge in [-0.05, 0) is 86.1 Å². The Hall–Kier alpha value is -2.29. The molecule has 1 unspecified atom stereocenters. The molecule has 0 spiro atoms. The zero-order valence-corrected chi connectivity index (χ0v) is 17.3. The summed E-state index contributed by atoms with van der Waals surface area (Å²) in [5, 5.41) is 3.16. The second kappa shape index (κ2) is 7.94. The number of rotatable bonds is 5. The number of carbonyl (C=O) groups excluding carboxylic acids is 1. The van der Waals surface area contributed by atoms with E-state index >= 15 is 0 Å². The second-order valence-corrected chi connectivity index (χ2v) is 7.55. The molecule has 0 aliphatic rings. The summed E-state index contributed by atoms with van der Waals surface area (Å²) in [6.07, 6.45) is 0. The van der Waals surface area contributed by atoms with Gasteiger partial charge in [-0.15, -0.1) is 0 Å². The first-order chi connectivity index (χ1) is 12.1. The van der Waals surface area contributed by atoms with Crippen LogP contribution in [0, 0.1) is 27.7 Å². The third kappa shape index (κ3) is 4.09. The Morgan fingerprint density at radius 3 is 2.04 bits per heavy atom. The van der Waals surface area contributed by atoms with Gasteiger partial charge in [0.1, 0.15) is 5.75 Å². The third-order valence-corrected chi connectivity index (χ3v) is 5.14. The summed E-state index contributed by atoms with van der Waals surface area (Å²) in [7, 11) is 1.67. The van der Waals surface area contributed by atoms with Crippen molar-refractivity contribution in [3.05, 3.63) is 63.2 Å². The van der Waals surface area contributed by atoms with Crippen LogP contribution in [-0.4, -0.2) is 13.0 Å². The molecular formula is C23H31NO2. The fourth-order valence-corrected chi connectivity index (χ4v) is 3.37. The summed E-state index contributed by atoms with van der Waals surface area (Å²) in [6.45, 7) is 14.5. The highest BCUT2D eigenvalue weighted by Crippen LogP contribution is 2.30. The van der Waals surface area contributed by atoms with E-state index in [9.17, 15) is 4.79 Å². The molecule has 26 heavy (non-hydrogen) atoms. The molecule has 0 bridgehead atoms. The lowest BCUT2D eigenvalue weighted by Gasteiger charge is -2.20. The summed E-state index contributed by atoms with van der Waals surface area (Å²) < 4.78 is 5.48. The highest BCUT2D eigenvalue weighted by Gasteiger charge is 2.19. The van der Waals surface area contributed by atoms with Crippen molar-refractivity contribution in [3.63, 3.8) is 0 Å². The number of methoxy groups -OCH3 is 1. The Balaban J connectivity index is 2.33. The standard InChI is InChI=1S/C23H31NO2/c1-13(2)19-12-21(17(6)11-22(19)26-8)23(25)24-18(7)20-10-15(4)14(3)9-16(20)5/h9-13,18H,1-8H3,(H,24,25). The summed E-state index contributed by atoms with van der Waals surface area (Å²) in [5.74, 6) is 1.08. The Bertz CT molecular complexity index is 821. The van der Waals surface area contributed by atoms with E-state index in [4.69, 9.17) is 4.74 Å². The van der Waals surface area contributed by atoms with Crippen LogP contribution in [0.2, 0.25) is 0 Å². The number of benzene rings is 2. The first-order valence-electron chi connectivity index (χ1n) is 9.22. The van der Waals surface area contributed by atoms with E-state index in [0.29, 0.717) is 5.56 Å². The minimum atomic E-state index is -0.0502. The zero-order valence-electron chi connectivity index (χ0n) is 17.3. The maximum Gasteiger partial charge on any atom is 0.252 e. The van der Waals surface area contributed by atoms with Crippen molar-refractivity contribution in [2.24, 2.45) is 0 Å². The fourth-order valence-electron chi connectivity index (χ4n) is 3.37. The predicted molar refractivity (Wildman–Crippen MR) is 108 cm³/mol. The van der Waals surface area contributed by atoms with Crippen molar-refractivity contribution >= 4 is 5.91 Å². The number of ether oxygens (including phenoxy) is 1. The van der Waals surface area contributed by atoms with Crippen LogP contribution in [0.15, 0.2) is 24.3 Å². The first kappa shape index (κ1) is 20.0. The van der Waals surface area contributed by atoms with Crippen molar-refractivity contribution in [2.75, 3.05) is 7.11 Å². The molecule has 0 aliphatic carbocycles. The molecule has 0 saturated heterocycles. The number of amides is 1. The molecule has 0 aliphatic heterocycles. The molecule has 1 N–H and O–H groups in total. The van der Waals surface area contributed by atoms with Crippen LogP contribution < -0.4 is 10.1 Å². The molecule has 0 heterocycles. The highest BCUT2D eigenvalue weighted by molar-refractivity contribution is 5.96. The molecule has 0 aromatic heterocycles. The normalized spacial score (nSPS) is 12.2. The van der Waals surface area contributed by atoms with Gasteiger partial charge in [-0.1, -0.05) is 26.0 Å². The molecule has 1 amide bonds. The first-order valence-corrected chi connectivity index (χ1v) is 9.22. The van der Waals surface area contributed by atoms with Gasteiger partial charge in [0.05, 0.1) is 13.2 Å². The molecule has 0 fully saturated rings. The minimum Gasteiger partial charge on any atom is -0.496 e. The van der Waals surface area contributed by atoms with Gasteiger partial charge < -0.3 is 10.1 Å². The smallest absolute Gasteiger partial charge is 0.252 e. The lowest BCUT2D eigenvalue weighted by Crippen LogP contribution is -2.28. The molecular weight excluding hydrogens is 322 g/mol. The number of carbonyl (C=O) groups is 1. The number of nitrogens with one attached hydrogen (secondary N) is 1. The largest absolute Gasteiger partial charge is 0.496 e. The SMILES string of the molecule is COc1cc(C)c(C(=O)NC(C)c2cc(C)c(C)cc2C)cc1C(C)C. The average molecular weight is 354 g/mol. The van der Waals surface area contributed by atoms with Crippen LogP contribution in [0.1, 0.15) is 76.5 Å². The Morgan fingerprint density at radius 1 is 0.846 bits per heavy atom. The van der Waals surface area contributed by atoms with Crippen molar-refractivity contribution in [3.8, 4) is 5.75 Å². The summed E-state index contributed by atoms with van der Waals surface area (Å²) in [4.78, 5) is 12.9. The summed E-state index contributed by atoms with van der Waals surface area (Å²) in [6, 6.07) is 8.23. The van der Waals surface area contributed by atoms with Gasteiger partial charge >= 0.3 is 0 Å². The lowest BCUT2D eigenvalue weighted by atomic mass is 9.94. The molecule has 2 aromatic carbocycles. The number of hydrogen-bond acceptors (Lipinski definition) is 2. The van der Waals surface area contributed by atoms with Crippen LogP contribution in [0.3, 0.4) is 0 Å². The predicted octanol–water partition coefficient (Wildman–Crippen LogP) is 5.54. The molecule has 0 radical (unpaired) electrons. The van der Waals surface area contributed by atoms with E-state index in [2.05, 4.69) is 52.1 Å². The van der Waals surface area contributed by atoms with Crippen LogP contribution >= 0.6 is 0 Å². The van der Waals surface area contributed by atoms with Gasteiger partial charge in [-0.25, -0.2) is 0 Å². The fraction of sp³-hybridized carbons (Fsp3) is 0.435. The lowest BCUT2D eigenvalue weighted by molar-refractivity contribution is 0.0939. The molecule has 3 nitrogen and oxygen atoms in total. The maximum absolute atomic E-state index is 12.9. The van der Waals surface area contributed by atoms with Gasteiger partial charge in [0.2, 0.25) is 0 Å². The van der Waals surface area contributed by atoms with Gasteiger partial charge in [0.15, 0.2) is 0 Å². The van der Waals surface area contributed by atoms with Crippen molar-refractivity contribution in [1.29, 1.82) is 0 Å². The molecule has 2 aromatic rings. The topological polar surface area (TPSA) is 38.3 Å². The van der Waals surface area contributed by atoms with Gasteiger partial charge in [0.25, 0.3) is 5.91 Å². The van der Waals surface area contributed by atoms with E-state index in [-0.39, 0.29) is 17.9 Å². The Morgan fingerprint density at radius 2 is 1.46 bits per heavy atom. The van der Waals surface area contributed by atoms with E-state index in [1.54, 1.807) is 7.11 Å². The number of aryl methyl sites for hydroxylation is 4. The summed E-state index contributed by atoms with van der Waals surface area (Å²) in [5.41, 5.74) is 7.58. The Labute approximate surface area is 157 Å². The van der Waals surface area contributed by atoms with Crippen LogP contribution in [0.4, 0.5) is 0 Å². The molecule has 140 valence electrons. The molecule has 1 atom stereocenters. The van der Waals surface area contributed by atoms with Crippen LogP contribution in [0.5, 0.6) is 5.75 Å². The maximum atomic E-state index is 12.9. The minimum absolute atomic E-state index is 0.0443.